The molecule has 0 bridgehead atoms. The molecule has 0 saturated carbocycles. The number of carbonyl (C=O) groups excluding carboxylic acids is 2. The van der Waals surface area contributed by atoms with Gasteiger partial charge in [0.25, 0.3) is 0 Å². The van der Waals surface area contributed by atoms with E-state index in [2.05, 4.69) is 0 Å². The number of amides is 2. The summed E-state index contributed by atoms with van der Waals surface area (Å²) in [7, 11) is 1.77. The van der Waals surface area contributed by atoms with Crippen molar-refractivity contribution in [2.45, 2.75) is 32.7 Å². The molecule has 1 fully saturated rings. The predicted molar refractivity (Wildman–Crippen MR) is 66.3 cm³/mol. The molecule has 1 unspecified atom stereocenters. The first-order valence-electron chi connectivity index (χ1n) is 6.19. The van der Waals surface area contributed by atoms with Crippen molar-refractivity contribution in [2.24, 2.45) is 11.7 Å². The van der Waals surface area contributed by atoms with E-state index in [1.54, 1.807) is 16.8 Å². The summed E-state index contributed by atoms with van der Waals surface area (Å²) in [6.07, 6.45) is 1.17. The molecule has 2 N–H and O–H groups in total. The molecular formula is C12H23N3O2. The average Bonchev–Trinajstić information content (AvgIpc) is 2.41. The van der Waals surface area contributed by atoms with Gasteiger partial charge in [0, 0.05) is 32.6 Å². The number of rotatable bonds is 3. The third-order valence-electron chi connectivity index (χ3n) is 3.29. The van der Waals surface area contributed by atoms with E-state index in [0.717, 1.165) is 13.0 Å². The highest BCUT2D eigenvalue weighted by Gasteiger charge is 2.24. The molecular weight excluding hydrogens is 218 g/mol. The van der Waals surface area contributed by atoms with E-state index in [-0.39, 0.29) is 30.3 Å². The topological polar surface area (TPSA) is 66.6 Å². The van der Waals surface area contributed by atoms with Crippen LogP contribution in [0, 0.1) is 5.92 Å². The highest BCUT2D eigenvalue weighted by molar-refractivity contribution is 5.85. The summed E-state index contributed by atoms with van der Waals surface area (Å²) in [6.45, 7) is 5.57. The van der Waals surface area contributed by atoms with Crippen molar-refractivity contribution in [1.29, 1.82) is 0 Å². The van der Waals surface area contributed by atoms with Crippen molar-refractivity contribution in [3.8, 4) is 0 Å². The van der Waals surface area contributed by atoms with E-state index in [0.29, 0.717) is 13.0 Å². The Hall–Kier alpha value is -1.10. The molecule has 0 aromatic rings. The molecule has 17 heavy (non-hydrogen) atoms. The largest absolute Gasteiger partial charge is 0.344 e. The molecule has 1 aliphatic heterocycles. The quantitative estimate of drug-likeness (QED) is 0.759. The van der Waals surface area contributed by atoms with Crippen LogP contribution in [-0.2, 0) is 9.59 Å². The molecule has 98 valence electrons. The van der Waals surface area contributed by atoms with Crippen LogP contribution >= 0.6 is 0 Å². The Bertz CT molecular complexity index is 291. The summed E-state index contributed by atoms with van der Waals surface area (Å²) in [6, 6.07) is -0.126. The van der Waals surface area contributed by atoms with E-state index < -0.39 is 0 Å². The van der Waals surface area contributed by atoms with Crippen molar-refractivity contribution >= 4 is 11.8 Å². The number of hydrogen-bond acceptors (Lipinski definition) is 3. The van der Waals surface area contributed by atoms with Crippen molar-refractivity contribution in [3.63, 3.8) is 0 Å². The lowest BCUT2D eigenvalue weighted by Gasteiger charge is -2.23. The normalized spacial score (nSPS) is 19.5. The fraction of sp³-hybridized carbons (Fsp3) is 0.833. The fourth-order valence-corrected chi connectivity index (χ4v) is 1.77. The van der Waals surface area contributed by atoms with Gasteiger partial charge in [-0.1, -0.05) is 13.8 Å². The van der Waals surface area contributed by atoms with Gasteiger partial charge in [0.15, 0.2) is 0 Å². The average molecular weight is 241 g/mol. The molecule has 2 amide bonds. The van der Waals surface area contributed by atoms with E-state index in [4.69, 9.17) is 5.73 Å². The first-order chi connectivity index (χ1) is 7.91. The van der Waals surface area contributed by atoms with Crippen LogP contribution in [0.2, 0.25) is 0 Å². The molecule has 5 nitrogen and oxygen atoms in total. The Morgan fingerprint density at radius 3 is 2.65 bits per heavy atom. The van der Waals surface area contributed by atoms with Gasteiger partial charge in [0.05, 0.1) is 6.54 Å². The minimum atomic E-state index is -0.126. The smallest absolute Gasteiger partial charge is 0.241 e. The van der Waals surface area contributed by atoms with Crippen LogP contribution < -0.4 is 5.73 Å². The summed E-state index contributed by atoms with van der Waals surface area (Å²) in [5, 5.41) is 0. The molecule has 0 radical (unpaired) electrons. The maximum absolute atomic E-state index is 12.0. The standard InChI is InChI=1S/C12H23N3O2/c1-9(2)10(13)7-11(16)15-6-4-5-14(3)12(17)8-15/h9-10H,4-8,13H2,1-3H3. The number of hydrogen-bond donors (Lipinski definition) is 1. The van der Waals surface area contributed by atoms with Crippen LogP contribution in [0.25, 0.3) is 0 Å². The minimum absolute atomic E-state index is 0.00477. The van der Waals surface area contributed by atoms with E-state index in [9.17, 15) is 9.59 Å². The second kappa shape index (κ2) is 6.00. The van der Waals surface area contributed by atoms with E-state index in [1.165, 1.54) is 0 Å². The third kappa shape index (κ3) is 4.00. The van der Waals surface area contributed by atoms with Gasteiger partial charge in [0.2, 0.25) is 11.8 Å². The molecule has 0 aliphatic carbocycles. The number of carbonyl (C=O) groups is 2. The second-order valence-corrected chi connectivity index (χ2v) is 5.10. The van der Waals surface area contributed by atoms with Gasteiger partial charge in [-0.05, 0) is 12.3 Å². The SMILES string of the molecule is CC(C)C(N)CC(=O)N1CCCN(C)C(=O)C1. The Labute approximate surface area is 103 Å². The Morgan fingerprint density at radius 2 is 2.06 bits per heavy atom. The van der Waals surface area contributed by atoms with Crippen LogP contribution in [0.1, 0.15) is 26.7 Å². The van der Waals surface area contributed by atoms with Gasteiger partial charge in [-0.15, -0.1) is 0 Å². The maximum Gasteiger partial charge on any atom is 0.241 e. The summed E-state index contributed by atoms with van der Waals surface area (Å²) >= 11 is 0. The molecule has 0 aromatic carbocycles. The van der Waals surface area contributed by atoms with Crippen LogP contribution in [0.3, 0.4) is 0 Å². The van der Waals surface area contributed by atoms with Crippen molar-refractivity contribution in [3.05, 3.63) is 0 Å². The Kier molecular flexibility index (Phi) is 4.93. The van der Waals surface area contributed by atoms with Crippen molar-refractivity contribution in [1.82, 2.24) is 9.80 Å². The van der Waals surface area contributed by atoms with Gasteiger partial charge in [0.1, 0.15) is 0 Å². The maximum atomic E-state index is 12.0. The third-order valence-corrected chi connectivity index (χ3v) is 3.29. The highest BCUT2D eigenvalue weighted by Crippen LogP contribution is 2.09. The van der Waals surface area contributed by atoms with Gasteiger partial charge in [-0.25, -0.2) is 0 Å². The van der Waals surface area contributed by atoms with Crippen LogP contribution in [0.4, 0.5) is 0 Å². The Balaban J connectivity index is 2.54. The van der Waals surface area contributed by atoms with Crippen LogP contribution in [0.5, 0.6) is 0 Å². The first-order valence-corrected chi connectivity index (χ1v) is 6.19. The molecule has 0 aromatic heterocycles. The molecule has 1 heterocycles. The van der Waals surface area contributed by atoms with E-state index >= 15 is 0 Å². The molecule has 5 heteroatoms. The lowest BCUT2D eigenvalue weighted by atomic mass is 10.0. The predicted octanol–water partition coefficient (Wildman–Crippen LogP) is 0.0505. The molecule has 1 rings (SSSR count). The summed E-state index contributed by atoms with van der Waals surface area (Å²) in [5.74, 6) is 0.285. The molecule has 1 atom stereocenters. The second-order valence-electron chi connectivity index (χ2n) is 5.10. The van der Waals surface area contributed by atoms with Gasteiger partial charge in [-0.3, -0.25) is 9.59 Å². The lowest BCUT2D eigenvalue weighted by molar-refractivity contribution is -0.138. The summed E-state index contributed by atoms with van der Waals surface area (Å²) < 4.78 is 0. The summed E-state index contributed by atoms with van der Waals surface area (Å²) in [5.41, 5.74) is 5.88. The fourth-order valence-electron chi connectivity index (χ4n) is 1.77. The zero-order valence-corrected chi connectivity index (χ0v) is 11.0. The highest BCUT2D eigenvalue weighted by atomic mass is 16.2. The number of nitrogens with two attached hydrogens (primary N) is 1. The van der Waals surface area contributed by atoms with Crippen LogP contribution in [-0.4, -0.2) is 54.3 Å². The van der Waals surface area contributed by atoms with Gasteiger partial charge in [-0.2, -0.15) is 0 Å². The minimum Gasteiger partial charge on any atom is -0.344 e. The monoisotopic (exact) mass is 241 g/mol. The number of likely N-dealkylation sites (N-methyl/N-ethyl adjacent to an activating group) is 1. The Morgan fingerprint density at radius 1 is 1.41 bits per heavy atom. The van der Waals surface area contributed by atoms with E-state index in [1.807, 2.05) is 13.8 Å². The van der Waals surface area contributed by atoms with Crippen LogP contribution in [0.15, 0.2) is 0 Å². The number of nitrogens with zero attached hydrogens (tertiary/aromatic N) is 2. The molecule has 1 saturated heterocycles. The summed E-state index contributed by atoms with van der Waals surface area (Å²) in [4.78, 5) is 27.0. The molecule has 0 spiro atoms. The first kappa shape index (κ1) is 14.0. The van der Waals surface area contributed by atoms with Crippen molar-refractivity contribution < 1.29 is 9.59 Å². The van der Waals surface area contributed by atoms with Gasteiger partial charge >= 0.3 is 0 Å². The zero-order valence-electron chi connectivity index (χ0n) is 11.0. The zero-order chi connectivity index (χ0) is 13.0. The lowest BCUT2D eigenvalue weighted by Crippen LogP contribution is -2.41. The van der Waals surface area contributed by atoms with Crippen molar-refractivity contribution in [2.75, 3.05) is 26.7 Å². The molecule has 1 aliphatic rings. The van der Waals surface area contributed by atoms with Gasteiger partial charge < -0.3 is 15.5 Å².